The zero-order valence-electron chi connectivity index (χ0n) is 14.0. The number of benzene rings is 1. The van der Waals surface area contributed by atoms with Crippen molar-refractivity contribution in [2.75, 3.05) is 6.54 Å². The molecule has 0 bridgehead atoms. The summed E-state index contributed by atoms with van der Waals surface area (Å²) in [4.78, 5) is 5.31. The Morgan fingerprint density at radius 3 is 2.77 bits per heavy atom. The van der Waals surface area contributed by atoms with Gasteiger partial charge in [-0.25, -0.2) is 0 Å². The number of thiophene rings is 2. The van der Waals surface area contributed by atoms with Crippen molar-refractivity contribution in [3.05, 3.63) is 80.5 Å². The molecule has 4 nitrogen and oxygen atoms in total. The minimum atomic E-state index is 0.275. The smallest absolute Gasteiger partial charge is 0.247 e. The number of hydrogen-bond donors (Lipinski definition) is 0. The highest BCUT2D eigenvalue weighted by Crippen LogP contribution is 2.40. The zero-order valence-corrected chi connectivity index (χ0v) is 15.7. The van der Waals surface area contributed by atoms with E-state index in [1.54, 1.807) is 0 Å². The van der Waals surface area contributed by atoms with E-state index < -0.39 is 0 Å². The summed E-state index contributed by atoms with van der Waals surface area (Å²) in [5, 5.41) is 12.9. The molecular formula is C20H17N3OS2. The van der Waals surface area contributed by atoms with Gasteiger partial charge in [-0.3, -0.25) is 4.90 Å². The third-order valence-corrected chi connectivity index (χ3v) is 6.63. The number of aromatic nitrogens is 2. The van der Waals surface area contributed by atoms with Crippen LogP contribution >= 0.6 is 22.7 Å². The van der Waals surface area contributed by atoms with Crippen LogP contribution in [0.1, 0.15) is 27.3 Å². The van der Waals surface area contributed by atoms with Crippen LogP contribution in [0.4, 0.5) is 0 Å². The van der Waals surface area contributed by atoms with Gasteiger partial charge in [-0.2, -0.15) is 0 Å². The van der Waals surface area contributed by atoms with Crippen LogP contribution in [-0.4, -0.2) is 21.6 Å². The fraction of sp³-hybridized carbons (Fsp3) is 0.200. The monoisotopic (exact) mass is 379 g/mol. The van der Waals surface area contributed by atoms with Gasteiger partial charge >= 0.3 is 0 Å². The predicted octanol–water partition coefficient (Wildman–Crippen LogP) is 5.01. The van der Waals surface area contributed by atoms with Crippen LogP contribution in [0.3, 0.4) is 0 Å². The van der Waals surface area contributed by atoms with Gasteiger partial charge in [-0.1, -0.05) is 24.3 Å². The highest BCUT2D eigenvalue weighted by Gasteiger charge is 2.31. The van der Waals surface area contributed by atoms with E-state index in [1.165, 1.54) is 15.3 Å². The van der Waals surface area contributed by atoms with Crippen molar-refractivity contribution in [2.24, 2.45) is 0 Å². The second-order valence-electron chi connectivity index (χ2n) is 6.30. The second-order valence-corrected chi connectivity index (χ2v) is 8.28. The molecule has 4 aromatic rings. The molecule has 0 unspecified atom stereocenters. The molecule has 1 aromatic carbocycles. The minimum absolute atomic E-state index is 0.275. The Balaban J connectivity index is 1.44. The summed E-state index contributed by atoms with van der Waals surface area (Å²) in [5.41, 5.74) is 2.38. The van der Waals surface area contributed by atoms with Crippen molar-refractivity contribution in [3.8, 4) is 11.5 Å². The van der Waals surface area contributed by atoms with Gasteiger partial charge in [-0.05, 0) is 47.0 Å². The standard InChI is InChI=1S/C20H17N3OS2/c1-2-5-14(6-3-1)20-22-21-18(24-20)13-23-10-8-16-15(9-12-26-16)19(23)17-7-4-11-25-17/h1-7,9,11-12,19H,8,10,13H2/t19-/m0/s1. The number of hydrogen-bond acceptors (Lipinski definition) is 6. The highest BCUT2D eigenvalue weighted by atomic mass is 32.1. The molecule has 0 amide bonds. The van der Waals surface area contributed by atoms with Crippen molar-refractivity contribution in [3.63, 3.8) is 0 Å². The fourth-order valence-electron chi connectivity index (χ4n) is 3.51. The van der Waals surface area contributed by atoms with E-state index in [9.17, 15) is 0 Å². The van der Waals surface area contributed by atoms with Gasteiger partial charge < -0.3 is 4.42 Å². The van der Waals surface area contributed by atoms with E-state index in [0.29, 0.717) is 18.3 Å². The summed E-state index contributed by atoms with van der Waals surface area (Å²) in [6.45, 7) is 1.66. The van der Waals surface area contributed by atoms with E-state index in [1.807, 2.05) is 53.0 Å². The average molecular weight is 380 g/mol. The lowest BCUT2D eigenvalue weighted by Crippen LogP contribution is -2.34. The van der Waals surface area contributed by atoms with Crippen molar-refractivity contribution >= 4 is 22.7 Å². The molecule has 0 radical (unpaired) electrons. The lowest BCUT2D eigenvalue weighted by Gasteiger charge is -2.34. The number of fused-ring (bicyclic) bond motifs is 1. The normalized spacial score (nSPS) is 17.3. The molecule has 0 saturated heterocycles. The van der Waals surface area contributed by atoms with E-state index in [2.05, 4.69) is 44.1 Å². The van der Waals surface area contributed by atoms with Crippen LogP contribution in [0.25, 0.3) is 11.5 Å². The predicted molar refractivity (Wildman–Crippen MR) is 104 cm³/mol. The molecule has 26 heavy (non-hydrogen) atoms. The molecule has 3 aromatic heterocycles. The molecule has 0 spiro atoms. The Labute approximate surface area is 159 Å². The van der Waals surface area contributed by atoms with Crippen molar-refractivity contribution in [2.45, 2.75) is 19.0 Å². The first-order valence-corrected chi connectivity index (χ1v) is 10.4. The van der Waals surface area contributed by atoms with Gasteiger partial charge in [0, 0.05) is 21.9 Å². The van der Waals surface area contributed by atoms with Crippen LogP contribution < -0.4 is 0 Å². The molecule has 0 saturated carbocycles. The summed E-state index contributed by atoms with van der Waals surface area (Å²) in [5.74, 6) is 1.26. The second kappa shape index (κ2) is 6.79. The average Bonchev–Trinajstić information content (AvgIpc) is 3.44. The molecular weight excluding hydrogens is 362 g/mol. The SMILES string of the molecule is c1ccc(-c2nnc(CN3CCc4sccc4[C@H]3c3cccs3)o2)cc1. The third kappa shape index (κ3) is 2.90. The van der Waals surface area contributed by atoms with Crippen LogP contribution in [0, 0.1) is 0 Å². The third-order valence-electron chi connectivity index (χ3n) is 4.70. The van der Waals surface area contributed by atoms with Crippen LogP contribution in [0.5, 0.6) is 0 Å². The summed E-state index contributed by atoms with van der Waals surface area (Å²) >= 11 is 3.67. The van der Waals surface area contributed by atoms with E-state index in [-0.39, 0.29) is 6.04 Å². The van der Waals surface area contributed by atoms with Crippen LogP contribution in [0.2, 0.25) is 0 Å². The molecule has 4 heterocycles. The molecule has 0 fully saturated rings. The van der Waals surface area contributed by atoms with Crippen molar-refractivity contribution in [1.82, 2.24) is 15.1 Å². The van der Waals surface area contributed by atoms with Gasteiger partial charge in [0.15, 0.2) is 0 Å². The van der Waals surface area contributed by atoms with E-state index in [4.69, 9.17) is 4.42 Å². The largest absolute Gasteiger partial charge is 0.419 e. The minimum Gasteiger partial charge on any atom is -0.419 e. The zero-order chi connectivity index (χ0) is 17.3. The molecule has 1 aliphatic rings. The quantitative estimate of drug-likeness (QED) is 0.500. The summed E-state index contributed by atoms with van der Waals surface area (Å²) in [7, 11) is 0. The summed E-state index contributed by atoms with van der Waals surface area (Å²) in [6.07, 6.45) is 1.08. The van der Waals surface area contributed by atoms with Gasteiger partial charge in [0.1, 0.15) is 0 Å². The Hall–Kier alpha value is -2.28. The molecule has 5 rings (SSSR count). The maximum Gasteiger partial charge on any atom is 0.247 e. The maximum absolute atomic E-state index is 5.95. The molecule has 0 aliphatic carbocycles. The summed E-state index contributed by atoms with van der Waals surface area (Å²) in [6, 6.07) is 16.8. The fourth-order valence-corrected chi connectivity index (χ4v) is 5.29. The van der Waals surface area contributed by atoms with Crippen molar-refractivity contribution < 1.29 is 4.42 Å². The maximum atomic E-state index is 5.95. The lowest BCUT2D eigenvalue weighted by molar-refractivity contribution is 0.189. The van der Waals surface area contributed by atoms with Crippen LogP contribution in [0.15, 0.2) is 63.7 Å². The first-order valence-electron chi connectivity index (χ1n) is 8.60. The van der Waals surface area contributed by atoms with Gasteiger partial charge in [0.05, 0.1) is 12.6 Å². The summed E-state index contributed by atoms with van der Waals surface area (Å²) < 4.78 is 5.95. The first kappa shape index (κ1) is 15.9. The Morgan fingerprint density at radius 1 is 1.00 bits per heavy atom. The van der Waals surface area contributed by atoms with Crippen LogP contribution in [-0.2, 0) is 13.0 Å². The molecule has 1 atom stereocenters. The molecule has 1 aliphatic heterocycles. The Kier molecular flexibility index (Phi) is 4.16. The van der Waals surface area contributed by atoms with Gasteiger partial charge in [0.2, 0.25) is 11.8 Å². The van der Waals surface area contributed by atoms with Gasteiger partial charge in [0.25, 0.3) is 0 Å². The van der Waals surface area contributed by atoms with Gasteiger partial charge in [-0.15, -0.1) is 32.9 Å². The first-order chi connectivity index (χ1) is 12.9. The Morgan fingerprint density at radius 2 is 1.92 bits per heavy atom. The number of rotatable bonds is 4. The van der Waals surface area contributed by atoms with Crippen molar-refractivity contribution in [1.29, 1.82) is 0 Å². The topological polar surface area (TPSA) is 42.2 Å². The number of nitrogens with zero attached hydrogens (tertiary/aromatic N) is 3. The highest BCUT2D eigenvalue weighted by molar-refractivity contribution is 7.10. The van der Waals surface area contributed by atoms with E-state index >= 15 is 0 Å². The molecule has 0 N–H and O–H groups in total. The van der Waals surface area contributed by atoms with E-state index in [0.717, 1.165) is 18.5 Å². The Bertz CT molecular complexity index is 991. The lowest BCUT2D eigenvalue weighted by atomic mass is 9.98. The molecule has 130 valence electrons. The molecule has 6 heteroatoms.